The summed E-state index contributed by atoms with van der Waals surface area (Å²) in [4.78, 5) is 7.83. The molecular formula is C11H6BrN3O. The molecule has 0 aliphatic carbocycles. The number of ether oxygens (including phenoxy) is 1. The van der Waals surface area contributed by atoms with Gasteiger partial charge in [-0.05, 0) is 34.1 Å². The fourth-order valence-corrected chi connectivity index (χ4v) is 1.44. The van der Waals surface area contributed by atoms with Crippen molar-refractivity contribution in [3.63, 3.8) is 0 Å². The Kier molecular flexibility index (Phi) is 3.13. The zero-order valence-corrected chi connectivity index (χ0v) is 9.68. The largest absolute Gasteiger partial charge is 0.423 e. The van der Waals surface area contributed by atoms with E-state index in [1.807, 2.05) is 24.3 Å². The molecule has 0 saturated carbocycles. The molecular weight excluding hydrogens is 270 g/mol. The van der Waals surface area contributed by atoms with E-state index in [9.17, 15) is 0 Å². The van der Waals surface area contributed by atoms with Gasteiger partial charge in [-0.15, -0.1) is 0 Å². The van der Waals surface area contributed by atoms with Crippen molar-refractivity contribution in [1.82, 2.24) is 9.97 Å². The van der Waals surface area contributed by atoms with Gasteiger partial charge in [-0.2, -0.15) is 10.2 Å². The Labute approximate surface area is 101 Å². The highest BCUT2D eigenvalue weighted by molar-refractivity contribution is 9.10. The van der Waals surface area contributed by atoms with Gasteiger partial charge in [0.2, 0.25) is 0 Å². The molecule has 1 aromatic heterocycles. The van der Waals surface area contributed by atoms with Gasteiger partial charge < -0.3 is 4.74 Å². The molecule has 1 heterocycles. The number of halogens is 1. The molecule has 0 amide bonds. The molecule has 0 bridgehead atoms. The van der Waals surface area contributed by atoms with Crippen molar-refractivity contribution in [2.24, 2.45) is 0 Å². The van der Waals surface area contributed by atoms with Crippen molar-refractivity contribution >= 4 is 15.9 Å². The van der Waals surface area contributed by atoms with Crippen LogP contribution in [0.1, 0.15) is 5.69 Å². The molecule has 1 aromatic carbocycles. The van der Waals surface area contributed by atoms with Crippen LogP contribution in [0.2, 0.25) is 0 Å². The van der Waals surface area contributed by atoms with E-state index < -0.39 is 0 Å². The number of para-hydroxylation sites is 1. The second-order valence-corrected chi connectivity index (χ2v) is 3.72. The maximum Gasteiger partial charge on any atom is 0.323 e. The van der Waals surface area contributed by atoms with E-state index in [1.54, 1.807) is 6.07 Å². The summed E-state index contributed by atoms with van der Waals surface area (Å²) in [5, 5.41) is 8.68. The first-order chi connectivity index (χ1) is 7.79. The zero-order chi connectivity index (χ0) is 11.4. The van der Waals surface area contributed by atoms with Gasteiger partial charge in [-0.25, -0.2) is 4.98 Å². The molecule has 0 aliphatic heterocycles. The number of aromatic nitrogens is 2. The van der Waals surface area contributed by atoms with Crippen LogP contribution in [0, 0.1) is 11.3 Å². The molecule has 2 aromatic rings. The summed E-state index contributed by atoms with van der Waals surface area (Å²) in [5.41, 5.74) is 0.275. The Balaban J connectivity index is 2.28. The van der Waals surface area contributed by atoms with Crippen LogP contribution >= 0.6 is 15.9 Å². The predicted molar refractivity (Wildman–Crippen MR) is 61.0 cm³/mol. The molecule has 16 heavy (non-hydrogen) atoms. The van der Waals surface area contributed by atoms with Crippen LogP contribution in [-0.4, -0.2) is 9.97 Å². The number of benzene rings is 1. The van der Waals surface area contributed by atoms with Crippen LogP contribution in [-0.2, 0) is 0 Å². The minimum Gasteiger partial charge on any atom is -0.423 e. The van der Waals surface area contributed by atoms with Gasteiger partial charge in [0.1, 0.15) is 17.5 Å². The first-order valence-corrected chi connectivity index (χ1v) is 5.24. The van der Waals surface area contributed by atoms with E-state index >= 15 is 0 Å². The lowest BCUT2D eigenvalue weighted by atomic mass is 10.3. The van der Waals surface area contributed by atoms with E-state index in [-0.39, 0.29) is 11.7 Å². The smallest absolute Gasteiger partial charge is 0.323 e. The van der Waals surface area contributed by atoms with Crippen molar-refractivity contribution in [2.75, 3.05) is 0 Å². The number of nitriles is 1. The molecule has 0 radical (unpaired) electrons. The summed E-state index contributed by atoms with van der Waals surface area (Å²) in [7, 11) is 0. The maximum absolute atomic E-state index is 8.68. The number of nitrogens with zero attached hydrogens (tertiary/aromatic N) is 3. The van der Waals surface area contributed by atoms with Gasteiger partial charge in [0.25, 0.3) is 0 Å². The average molecular weight is 276 g/mol. The van der Waals surface area contributed by atoms with Gasteiger partial charge in [0, 0.05) is 6.20 Å². The van der Waals surface area contributed by atoms with Crippen LogP contribution in [0.25, 0.3) is 0 Å². The lowest BCUT2D eigenvalue weighted by Crippen LogP contribution is -1.93. The minimum atomic E-state index is 0.158. The third-order valence-electron chi connectivity index (χ3n) is 1.79. The van der Waals surface area contributed by atoms with Crippen LogP contribution in [0.15, 0.2) is 41.0 Å². The average Bonchev–Trinajstić information content (AvgIpc) is 2.32. The van der Waals surface area contributed by atoms with Gasteiger partial charge in [-0.3, -0.25) is 0 Å². The van der Waals surface area contributed by atoms with E-state index in [4.69, 9.17) is 10.00 Å². The molecule has 0 atom stereocenters. The molecule has 5 heteroatoms. The zero-order valence-electron chi connectivity index (χ0n) is 8.09. The van der Waals surface area contributed by atoms with E-state index in [0.29, 0.717) is 5.75 Å². The number of rotatable bonds is 2. The fourth-order valence-electron chi connectivity index (χ4n) is 1.08. The highest BCUT2D eigenvalue weighted by Crippen LogP contribution is 2.27. The third-order valence-corrected chi connectivity index (χ3v) is 2.44. The molecule has 0 spiro atoms. The Hall–Kier alpha value is -1.93. The summed E-state index contributed by atoms with van der Waals surface area (Å²) in [6.07, 6.45) is 1.48. The lowest BCUT2D eigenvalue weighted by molar-refractivity contribution is 0.438. The Morgan fingerprint density at radius 1 is 1.25 bits per heavy atom. The van der Waals surface area contributed by atoms with Crippen molar-refractivity contribution in [1.29, 1.82) is 5.26 Å². The normalized spacial score (nSPS) is 9.50. The number of hydrogen-bond donors (Lipinski definition) is 0. The molecule has 0 fully saturated rings. The third kappa shape index (κ3) is 2.35. The van der Waals surface area contributed by atoms with Crippen molar-refractivity contribution in [2.45, 2.75) is 0 Å². The highest BCUT2D eigenvalue weighted by atomic mass is 79.9. The van der Waals surface area contributed by atoms with Gasteiger partial charge >= 0.3 is 6.01 Å². The Morgan fingerprint density at radius 3 is 2.81 bits per heavy atom. The first kappa shape index (κ1) is 10.6. The quantitative estimate of drug-likeness (QED) is 0.846. The Bertz CT molecular complexity index is 551. The topological polar surface area (TPSA) is 58.8 Å². The molecule has 78 valence electrons. The highest BCUT2D eigenvalue weighted by Gasteiger charge is 2.04. The predicted octanol–water partition coefficient (Wildman–Crippen LogP) is 2.90. The van der Waals surface area contributed by atoms with Gasteiger partial charge in [0.05, 0.1) is 4.47 Å². The van der Waals surface area contributed by atoms with Gasteiger partial charge in [-0.1, -0.05) is 12.1 Å². The SMILES string of the molecule is N#Cc1ccnc(Oc2ccccc2Br)n1. The molecule has 0 unspecified atom stereocenters. The molecule has 2 rings (SSSR count). The summed E-state index contributed by atoms with van der Waals surface area (Å²) < 4.78 is 6.24. The van der Waals surface area contributed by atoms with E-state index in [0.717, 1.165) is 4.47 Å². The molecule has 4 nitrogen and oxygen atoms in total. The van der Waals surface area contributed by atoms with Crippen LogP contribution < -0.4 is 4.74 Å². The van der Waals surface area contributed by atoms with Gasteiger partial charge in [0.15, 0.2) is 0 Å². The Morgan fingerprint density at radius 2 is 2.06 bits per heavy atom. The summed E-state index contributed by atoms with van der Waals surface area (Å²) in [5.74, 6) is 0.609. The second-order valence-electron chi connectivity index (χ2n) is 2.87. The fraction of sp³-hybridized carbons (Fsp3) is 0. The standard InChI is InChI=1S/C11H6BrN3O/c12-9-3-1-2-4-10(9)16-11-14-6-5-8(7-13)15-11/h1-6H. The molecule has 0 saturated heterocycles. The lowest BCUT2D eigenvalue weighted by Gasteiger charge is -2.04. The molecule has 0 N–H and O–H groups in total. The van der Waals surface area contributed by atoms with Crippen molar-refractivity contribution in [3.05, 3.63) is 46.7 Å². The summed E-state index contributed by atoms with van der Waals surface area (Å²) >= 11 is 3.34. The van der Waals surface area contributed by atoms with Crippen LogP contribution in [0.5, 0.6) is 11.8 Å². The van der Waals surface area contributed by atoms with E-state index in [2.05, 4.69) is 25.9 Å². The second kappa shape index (κ2) is 4.73. The monoisotopic (exact) mass is 275 g/mol. The summed E-state index contributed by atoms with van der Waals surface area (Å²) in [6, 6.07) is 11.0. The number of hydrogen-bond acceptors (Lipinski definition) is 4. The molecule has 0 aliphatic rings. The van der Waals surface area contributed by atoms with Crippen molar-refractivity contribution in [3.8, 4) is 17.8 Å². The first-order valence-electron chi connectivity index (χ1n) is 4.45. The van der Waals surface area contributed by atoms with Crippen molar-refractivity contribution < 1.29 is 4.74 Å². The van der Waals surface area contributed by atoms with Crippen LogP contribution in [0.4, 0.5) is 0 Å². The summed E-state index contributed by atoms with van der Waals surface area (Å²) in [6.45, 7) is 0. The van der Waals surface area contributed by atoms with E-state index in [1.165, 1.54) is 12.3 Å². The van der Waals surface area contributed by atoms with Crippen LogP contribution in [0.3, 0.4) is 0 Å². The minimum absolute atomic E-state index is 0.158. The maximum atomic E-state index is 8.68.